The predicted molar refractivity (Wildman–Crippen MR) is 87.0 cm³/mol. The van der Waals surface area contributed by atoms with E-state index in [1.807, 2.05) is 19.9 Å². The summed E-state index contributed by atoms with van der Waals surface area (Å²) in [6, 6.07) is 3.55. The SMILES string of the molecule is CC.CC(C)OCCN1CCN(c2ccc(O)cn2)CC1. The second-order valence-corrected chi connectivity index (χ2v) is 5.12. The van der Waals surface area contributed by atoms with E-state index in [1.54, 1.807) is 6.07 Å². The second-order valence-electron chi connectivity index (χ2n) is 5.12. The predicted octanol–water partition coefficient (Wildman–Crippen LogP) is 2.36. The zero-order chi connectivity index (χ0) is 15.7. The Labute approximate surface area is 128 Å². The van der Waals surface area contributed by atoms with Crippen molar-refractivity contribution in [1.82, 2.24) is 9.88 Å². The summed E-state index contributed by atoms with van der Waals surface area (Å²) in [7, 11) is 0. The van der Waals surface area contributed by atoms with E-state index < -0.39 is 0 Å². The number of ether oxygens (including phenoxy) is 1. The molecule has 0 spiro atoms. The molecule has 0 amide bonds. The average Bonchev–Trinajstić information content (AvgIpc) is 2.50. The molecule has 1 N–H and O–H groups in total. The van der Waals surface area contributed by atoms with Gasteiger partial charge < -0.3 is 14.7 Å². The Morgan fingerprint density at radius 3 is 2.38 bits per heavy atom. The molecular formula is C16H29N3O2. The Bertz CT molecular complexity index is 374. The van der Waals surface area contributed by atoms with Crippen LogP contribution in [-0.2, 0) is 4.74 Å². The Morgan fingerprint density at radius 1 is 1.19 bits per heavy atom. The van der Waals surface area contributed by atoms with Crippen molar-refractivity contribution in [3.63, 3.8) is 0 Å². The summed E-state index contributed by atoms with van der Waals surface area (Å²) >= 11 is 0. The summed E-state index contributed by atoms with van der Waals surface area (Å²) in [4.78, 5) is 8.91. The molecule has 1 fully saturated rings. The first-order valence-corrected chi connectivity index (χ1v) is 7.89. The number of aromatic nitrogens is 1. The maximum Gasteiger partial charge on any atom is 0.134 e. The van der Waals surface area contributed by atoms with Gasteiger partial charge in [0, 0.05) is 32.7 Å². The number of pyridine rings is 1. The number of hydrogen-bond acceptors (Lipinski definition) is 5. The smallest absolute Gasteiger partial charge is 0.134 e. The fourth-order valence-corrected chi connectivity index (χ4v) is 2.18. The zero-order valence-corrected chi connectivity index (χ0v) is 13.7. The van der Waals surface area contributed by atoms with E-state index in [2.05, 4.69) is 28.6 Å². The molecule has 2 rings (SSSR count). The summed E-state index contributed by atoms with van der Waals surface area (Å²) < 4.78 is 5.57. The summed E-state index contributed by atoms with van der Waals surface area (Å²) in [6.07, 6.45) is 1.81. The Balaban J connectivity index is 0.00000106. The summed E-state index contributed by atoms with van der Waals surface area (Å²) in [5.41, 5.74) is 0. The standard InChI is InChI=1S/C14H23N3O2.C2H6/c1-12(2)19-10-9-16-5-7-17(8-6-16)14-4-3-13(18)11-15-14;1-2/h3-4,11-12,18H,5-10H2,1-2H3;1-2H3. The molecule has 0 radical (unpaired) electrons. The van der Waals surface area contributed by atoms with Crippen LogP contribution in [0.25, 0.3) is 0 Å². The summed E-state index contributed by atoms with van der Waals surface area (Å²) in [5.74, 6) is 1.16. The molecule has 0 aliphatic carbocycles. The number of piperazine rings is 1. The molecule has 0 aromatic carbocycles. The van der Waals surface area contributed by atoms with E-state index in [9.17, 15) is 5.11 Å². The molecule has 1 aliphatic heterocycles. The zero-order valence-electron chi connectivity index (χ0n) is 13.7. The van der Waals surface area contributed by atoms with Gasteiger partial charge in [0.1, 0.15) is 11.6 Å². The summed E-state index contributed by atoms with van der Waals surface area (Å²) in [5, 5.41) is 9.24. The lowest BCUT2D eigenvalue weighted by Crippen LogP contribution is -2.47. The lowest BCUT2D eigenvalue weighted by Gasteiger charge is -2.35. The molecule has 0 unspecified atom stereocenters. The summed E-state index contributed by atoms with van der Waals surface area (Å²) in [6.45, 7) is 13.9. The number of hydrogen-bond donors (Lipinski definition) is 1. The first kappa shape index (κ1) is 17.7. The van der Waals surface area contributed by atoms with Crippen LogP contribution < -0.4 is 4.90 Å². The van der Waals surface area contributed by atoms with Crippen molar-refractivity contribution >= 4 is 5.82 Å². The molecule has 0 atom stereocenters. The fourth-order valence-electron chi connectivity index (χ4n) is 2.18. The lowest BCUT2D eigenvalue weighted by atomic mass is 10.3. The van der Waals surface area contributed by atoms with Gasteiger partial charge in [0.05, 0.1) is 18.9 Å². The Morgan fingerprint density at radius 2 is 1.86 bits per heavy atom. The van der Waals surface area contributed by atoms with Crippen LogP contribution in [0.1, 0.15) is 27.7 Å². The third-order valence-electron chi connectivity index (χ3n) is 3.29. The first-order chi connectivity index (χ1) is 10.1. The Hall–Kier alpha value is -1.33. The molecular weight excluding hydrogens is 266 g/mol. The van der Waals surface area contributed by atoms with Gasteiger partial charge in [0.2, 0.25) is 0 Å². The minimum atomic E-state index is 0.216. The number of aromatic hydroxyl groups is 1. The van der Waals surface area contributed by atoms with Crippen molar-refractivity contribution in [3.05, 3.63) is 18.3 Å². The molecule has 5 heteroatoms. The van der Waals surface area contributed by atoms with Crippen LogP contribution in [0.15, 0.2) is 18.3 Å². The highest BCUT2D eigenvalue weighted by atomic mass is 16.5. The highest BCUT2D eigenvalue weighted by molar-refractivity contribution is 5.40. The molecule has 2 heterocycles. The molecule has 0 saturated carbocycles. The second kappa shape index (κ2) is 9.58. The maximum atomic E-state index is 9.24. The molecule has 1 aromatic heterocycles. The molecule has 120 valence electrons. The monoisotopic (exact) mass is 295 g/mol. The highest BCUT2D eigenvalue weighted by Gasteiger charge is 2.17. The molecule has 1 saturated heterocycles. The average molecular weight is 295 g/mol. The van der Waals surface area contributed by atoms with E-state index >= 15 is 0 Å². The highest BCUT2D eigenvalue weighted by Crippen LogP contribution is 2.16. The molecule has 1 aromatic rings. The van der Waals surface area contributed by atoms with Crippen LogP contribution in [0, 0.1) is 0 Å². The molecule has 1 aliphatic rings. The van der Waals surface area contributed by atoms with E-state index in [0.717, 1.165) is 45.1 Å². The van der Waals surface area contributed by atoms with Gasteiger partial charge in [0.25, 0.3) is 0 Å². The minimum absolute atomic E-state index is 0.216. The third-order valence-corrected chi connectivity index (χ3v) is 3.29. The van der Waals surface area contributed by atoms with Crippen molar-refractivity contribution in [2.24, 2.45) is 0 Å². The number of nitrogens with zero attached hydrogens (tertiary/aromatic N) is 3. The van der Waals surface area contributed by atoms with Crippen LogP contribution >= 0.6 is 0 Å². The normalized spacial score (nSPS) is 15.8. The Kier molecular flexibility index (Phi) is 8.08. The maximum absolute atomic E-state index is 9.24. The van der Waals surface area contributed by atoms with Crippen LogP contribution in [0.5, 0.6) is 5.75 Å². The van der Waals surface area contributed by atoms with Crippen LogP contribution in [-0.4, -0.2) is 60.4 Å². The fraction of sp³-hybridized carbons (Fsp3) is 0.688. The molecule has 0 bridgehead atoms. The largest absolute Gasteiger partial charge is 0.506 e. The van der Waals surface area contributed by atoms with Gasteiger partial charge in [-0.1, -0.05) is 13.8 Å². The van der Waals surface area contributed by atoms with Crippen molar-refractivity contribution in [2.75, 3.05) is 44.2 Å². The van der Waals surface area contributed by atoms with Gasteiger partial charge in [-0.05, 0) is 26.0 Å². The van der Waals surface area contributed by atoms with Crippen molar-refractivity contribution in [1.29, 1.82) is 0 Å². The van der Waals surface area contributed by atoms with E-state index in [1.165, 1.54) is 6.20 Å². The van der Waals surface area contributed by atoms with Gasteiger partial charge in [-0.15, -0.1) is 0 Å². The van der Waals surface area contributed by atoms with E-state index in [4.69, 9.17) is 4.74 Å². The van der Waals surface area contributed by atoms with Crippen molar-refractivity contribution in [3.8, 4) is 5.75 Å². The van der Waals surface area contributed by atoms with Crippen LogP contribution in [0.2, 0.25) is 0 Å². The quantitative estimate of drug-likeness (QED) is 0.903. The van der Waals surface area contributed by atoms with Crippen molar-refractivity contribution < 1.29 is 9.84 Å². The van der Waals surface area contributed by atoms with Gasteiger partial charge in [-0.3, -0.25) is 4.90 Å². The van der Waals surface area contributed by atoms with Gasteiger partial charge in [-0.2, -0.15) is 0 Å². The minimum Gasteiger partial charge on any atom is -0.506 e. The number of rotatable bonds is 5. The lowest BCUT2D eigenvalue weighted by molar-refractivity contribution is 0.0578. The van der Waals surface area contributed by atoms with E-state index in [-0.39, 0.29) is 5.75 Å². The third kappa shape index (κ3) is 6.31. The van der Waals surface area contributed by atoms with Gasteiger partial charge in [-0.25, -0.2) is 4.98 Å². The molecule has 5 nitrogen and oxygen atoms in total. The van der Waals surface area contributed by atoms with Gasteiger partial charge >= 0.3 is 0 Å². The van der Waals surface area contributed by atoms with Crippen LogP contribution in [0.4, 0.5) is 5.82 Å². The van der Waals surface area contributed by atoms with Crippen LogP contribution in [0.3, 0.4) is 0 Å². The van der Waals surface area contributed by atoms with Gasteiger partial charge in [0.15, 0.2) is 0 Å². The number of anilines is 1. The van der Waals surface area contributed by atoms with E-state index in [0.29, 0.717) is 6.10 Å². The molecule has 21 heavy (non-hydrogen) atoms. The first-order valence-electron chi connectivity index (χ1n) is 7.89. The van der Waals surface area contributed by atoms with Crippen molar-refractivity contribution in [2.45, 2.75) is 33.8 Å². The topological polar surface area (TPSA) is 48.8 Å².